The van der Waals surface area contributed by atoms with Crippen molar-refractivity contribution < 1.29 is 18.7 Å². The first kappa shape index (κ1) is 20.8. The van der Waals surface area contributed by atoms with Gasteiger partial charge >= 0.3 is 6.09 Å². The number of likely N-dealkylation sites (tertiary alicyclic amines) is 1. The Labute approximate surface area is 169 Å². The van der Waals surface area contributed by atoms with Gasteiger partial charge in [0.25, 0.3) is 5.91 Å². The molecule has 2 amide bonds. The lowest BCUT2D eigenvalue weighted by atomic mass is 9.98. The molecule has 1 saturated heterocycles. The Hall–Kier alpha value is -2.90. The summed E-state index contributed by atoms with van der Waals surface area (Å²) in [6.07, 6.45) is 3.01. The second kappa shape index (κ2) is 8.63. The molecule has 0 saturated carbocycles. The van der Waals surface area contributed by atoms with Gasteiger partial charge in [-0.05, 0) is 57.7 Å². The van der Waals surface area contributed by atoms with Crippen LogP contribution >= 0.6 is 0 Å². The van der Waals surface area contributed by atoms with Crippen LogP contribution in [0.2, 0.25) is 0 Å². The highest BCUT2D eigenvalue weighted by molar-refractivity contribution is 5.92. The fraction of sp³-hybridized carbons (Fsp3) is 0.476. The molecule has 1 N–H and O–H groups in total. The van der Waals surface area contributed by atoms with Gasteiger partial charge in [-0.15, -0.1) is 0 Å². The van der Waals surface area contributed by atoms with Gasteiger partial charge in [0.15, 0.2) is 5.69 Å². The molecule has 29 heavy (non-hydrogen) atoms. The quantitative estimate of drug-likeness (QED) is 0.851. The van der Waals surface area contributed by atoms with Crippen LogP contribution in [-0.2, 0) is 4.74 Å². The molecule has 8 heteroatoms. The molecule has 0 spiro atoms. The number of rotatable bonds is 4. The van der Waals surface area contributed by atoms with E-state index in [-0.39, 0.29) is 29.3 Å². The third-order valence-electron chi connectivity index (χ3n) is 4.64. The van der Waals surface area contributed by atoms with Crippen LogP contribution in [-0.4, -0.2) is 51.9 Å². The number of amides is 2. The molecule has 1 unspecified atom stereocenters. The molecular formula is C21H27FN4O3. The number of nitrogens with zero attached hydrogens (tertiary/aromatic N) is 3. The Bertz CT molecular complexity index is 875. The number of benzene rings is 1. The van der Waals surface area contributed by atoms with Gasteiger partial charge in [0.05, 0.1) is 0 Å². The average Bonchev–Trinajstić information content (AvgIpc) is 3.15. The van der Waals surface area contributed by atoms with Crippen LogP contribution in [0.1, 0.15) is 44.1 Å². The van der Waals surface area contributed by atoms with Crippen molar-refractivity contribution in [3.63, 3.8) is 0 Å². The van der Waals surface area contributed by atoms with E-state index >= 15 is 0 Å². The molecule has 2 aromatic rings. The highest BCUT2D eigenvalue weighted by Gasteiger charge is 2.28. The molecule has 2 heterocycles. The number of ether oxygens (including phenoxy) is 1. The summed E-state index contributed by atoms with van der Waals surface area (Å²) in [7, 11) is 0. The predicted octanol–water partition coefficient (Wildman–Crippen LogP) is 3.39. The van der Waals surface area contributed by atoms with Crippen LogP contribution in [0.15, 0.2) is 36.5 Å². The molecule has 1 aromatic heterocycles. The summed E-state index contributed by atoms with van der Waals surface area (Å²) in [6.45, 7) is 7.16. The first-order valence-electron chi connectivity index (χ1n) is 9.79. The van der Waals surface area contributed by atoms with Gasteiger partial charge in [-0.25, -0.2) is 13.9 Å². The van der Waals surface area contributed by atoms with Crippen molar-refractivity contribution in [1.29, 1.82) is 0 Å². The topological polar surface area (TPSA) is 76.5 Å². The molecule has 7 nitrogen and oxygen atoms in total. The van der Waals surface area contributed by atoms with Gasteiger partial charge in [-0.3, -0.25) is 4.79 Å². The summed E-state index contributed by atoms with van der Waals surface area (Å²) in [5.74, 6) is -0.588. The molecule has 1 aliphatic heterocycles. The maximum atomic E-state index is 13.9. The van der Waals surface area contributed by atoms with E-state index in [1.807, 2.05) is 20.8 Å². The van der Waals surface area contributed by atoms with Crippen molar-refractivity contribution in [2.24, 2.45) is 5.92 Å². The number of carbonyl (C=O) groups is 2. The van der Waals surface area contributed by atoms with Crippen molar-refractivity contribution in [3.8, 4) is 5.69 Å². The Kier molecular flexibility index (Phi) is 6.20. The molecule has 0 bridgehead atoms. The minimum atomic E-state index is -0.532. The van der Waals surface area contributed by atoms with Crippen molar-refractivity contribution >= 4 is 12.0 Å². The summed E-state index contributed by atoms with van der Waals surface area (Å²) in [6, 6.07) is 7.79. The van der Waals surface area contributed by atoms with Gasteiger partial charge in [-0.1, -0.05) is 12.1 Å². The minimum Gasteiger partial charge on any atom is -0.444 e. The van der Waals surface area contributed by atoms with Crippen LogP contribution in [0, 0.1) is 11.7 Å². The Morgan fingerprint density at radius 3 is 2.76 bits per heavy atom. The molecule has 1 aromatic carbocycles. The van der Waals surface area contributed by atoms with Crippen LogP contribution in [0.25, 0.3) is 5.69 Å². The molecular weight excluding hydrogens is 375 g/mol. The van der Waals surface area contributed by atoms with Crippen LogP contribution in [0.5, 0.6) is 0 Å². The fourth-order valence-corrected chi connectivity index (χ4v) is 3.27. The van der Waals surface area contributed by atoms with Gasteiger partial charge in [0.1, 0.15) is 17.1 Å². The zero-order valence-corrected chi connectivity index (χ0v) is 17.0. The van der Waals surface area contributed by atoms with E-state index in [1.165, 1.54) is 10.7 Å². The van der Waals surface area contributed by atoms with E-state index in [1.54, 1.807) is 35.4 Å². The standard InChI is InChI=1S/C21H27FN4O3/c1-21(2,3)29-20(28)25-11-6-7-15(14-25)13-23-19(27)17-10-12-26(24-17)18-9-5-4-8-16(18)22/h4-5,8-10,12,15H,6-7,11,13-14H2,1-3H3,(H,23,27). The lowest BCUT2D eigenvalue weighted by Crippen LogP contribution is -2.45. The zero-order chi connectivity index (χ0) is 21.0. The molecule has 0 radical (unpaired) electrons. The van der Waals surface area contributed by atoms with Crippen molar-refractivity contribution in [2.45, 2.75) is 39.2 Å². The van der Waals surface area contributed by atoms with Crippen LogP contribution in [0.3, 0.4) is 0 Å². The van der Waals surface area contributed by atoms with Gasteiger partial charge < -0.3 is 15.0 Å². The molecule has 156 valence electrons. The average molecular weight is 402 g/mol. The number of aromatic nitrogens is 2. The first-order valence-corrected chi connectivity index (χ1v) is 9.79. The third-order valence-corrected chi connectivity index (χ3v) is 4.64. The Morgan fingerprint density at radius 2 is 2.03 bits per heavy atom. The monoisotopic (exact) mass is 402 g/mol. The number of para-hydroxylation sites is 1. The summed E-state index contributed by atoms with van der Waals surface area (Å²) in [5, 5.41) is 7.04. The highest BCUT2D eigenvalue weighted by Crippen LogP contribution is 2.19. The van der Waals surface area contributed by atoms with E-state index in [9.17, 15) is 14.0 Å². The van der Waals surface area contributed by atoms with Gasteiger partial charge in [-0.2, -0.15) is 5.10 Å². The largest absolute Gasteiger partial charge is 0.444 e. The first-order chi connectivity index (χ1) is 13.7. The van der Waals surface area contributed by atoms with E-state index in [2.05, 4.69) is 10.4 Å². The minimum absolute atomic E-state index is 0.147. The number of hydrogen-bond acceptors (Lipinski definition) is 4. The lowest BCUT2D eigenvalue weighted by Gasteiger charge is -2.34. The number of nitrogens with one attached hydrogen (secondary N) is 1. The fourth-order valence-electron chi connectivity index (χ4n) is 3.27. The summed E-state index contributed by atoms with van der Waals surface area (Å²) >= 11 is 0. The summed E-state index contributed by atoms with van der Waals surface area (Å²) < 4.78 is 20.7. The smallest absolute Gasteiger partial charge is 0.410 e. The van der Waals surface area contributed by atoms with E-state index in [0.717, 1.165) is 12.8 Å². The van der Waals surface area contributed by atoms with Crippen molar-refractivity contribution in [3.05, 3.63) is 48.0 Å². The molecule has 3 rings (SSSR count). The second-order valence-electron chi connectivity index (χ2n) is 8.24. The van der Waals surface area contributed by atoms with E-state index in [4.69, 9.17) is 4.74 Å². The van der Waals surface area contributed by atoms with Gasteiger partial charge in [0, 0.05) is 25.8 Å². The maximum absolute atomic E-state index is 13.9. The van der Waals surface area contributed by atoms with Crippen LogP contribution < -0.4 is 5.32 Å². The van der Waals surface area contributed by atoms with Crippen LogP contribution in [0.4, 0.5) is 9.18 Å². The van der Waals surface area contributed by atoms with E-state index in [0.29, 0.717) is 19.6 Å². The third kappa shape index (κ3) is 5.56. The predicted molar refractivity (Wildman–Crippen MR) is 106 cm³/mol. The van der Waals surface area contributed by atoms with Crippen molar-refractivity contribution in [2.75, 3.05) is 19.6 Å². The SMILES string of the molecule is CC(C)(C)OC(=O)N1CCCC(CNC(=O)c2ccn(-c3ccccc3F)n2)C1. The lowest BCUT2D eigenvalue weighted by molar-refractivity contribution is 0.0167. The van der Waals surface area contributed by atoms with Crippen molar-refractivity contribution in [1.82, 2.24) is 20.0 Å². The highest BCUT2D eigenvalue weighted by atomic mass is 19.1. The Balaban J connectivity index is 1.54. The number of hydrogen-bond donors (Lipinski definition) is 1. The normalized spacial score (nSPS) is 17.1. The second-order valence-corrected chi connectivity index (χ2v) is 8.24. The van der Waals surface area contributed by atoms with E-state index < -0.39 is 11.4 Å². The summed E-state index contributed by atoms with van der Waals surface area (Å²) in [5.41, 5.74) is -0.0325. The number of carbonyl (C=O) groups excluding carboxylic acids is 2. The van der Waals surface area contributed by atoms with Gasteiger partial charge in [0.2, 0.25) is 0 Å². The Morgan fingerprint density at radius 1 is 1.28 bits per heavy atom. The molecule has 0 aliphatic carbocycles. The molecule has 1 aliphatic rings. The maximum Gasteiger partial charge on any atom is 0.410 e. The zero-order valence-electron chi connectivity index (χ0n) is 17.0. The molecule has 1 atom stereocenters. The number of halogens is 1. The number of piperidine rings is 1. The molecule has 1 fully saturated rings. The summed E-state index contributed by atoms with van der Waals surface area (Å²) in [4.78, 5) is 26.4.